The summed E-state index contributed by atoms with van der Waals surface area (Å²) in [4.78, 5) is 28.6. The first-order valence-corrected chi connectivity index (χ1v) is 13.7. The van der Waals surface area contributed by atoms with E-state index >= 15 is 0 Å². The molecule has 7 heteroatoms. The fraction of sp³-hybridized carbons (Fsp3) is 0.355. The molecule has 2 amide bonds. The molecule has 0 saturated carbocycles. The van der Waals surface area contributed by atoms with Crippen LogP contribution < -0.4 is 15.0 Å². The number of hydrogen-bond acceptors (Lipinski definition) is 4. The van der Waals surface area contributed by atoms with Gasteiger partial charge in [-0.2, -0.15) is 0 Å². The summed E-state index contributed by atoms with van der Waals surface area (Å²) in [6, 6.07) is 23.2. The Morgan fingerprint density at radius 3 is 2.45 bits per heavy atom. The van der Waals surface area contributed by atoms with E-state index in [4.69, 9.17) is 16.3 Å². The second-order valence-electron chi connectivity index (χ2n) is 9.80. The summed E-state index contributed by atoms with van der Waals surface area (Å²) in [5, 5.41) is 4.23. The highest BCUT2D eigenvalue weighted by Gasteiger charge is 2.25. The first-order chi connectivity index (χ1) is 18.3. The molecule has 1 unspecified atom stereocenters. The van der Waals surface area contributed by atoms with E-state index in [1.54, 1.807) is 19.1 Å². The summed E-state index contributed by atoms with van der Waals surface area (Å²) in [7, 11) is 0. The molecule has 3 aromatic carbocycles. The van der Waals surface area contributed by atoms with Gasteiger partial charge in [0.15, 0.2) is 5.75 Å². The Hall–Kier alpha value is -3.51. The minimum atomic E-state index is -0.0189. The molecule has 1 saturated heterocycles. The third-order valence-electron chi connectivity index (χ3n) is 7.12. The predicted octanol–water partition coefficient (Wildman–Crippen LogP) is 7.31. The molecule has 38 heavy (non-hydrogen) atoms. The summed E-state index contributed by atoms with van der Waals surface area (Å²) in [6.07, 6.45) is 2.26. The van der Waals surface area contributed by atoms with Gasteiger partial charge >= 0.3 is 0 Å². The normalized spacial score (nSPS) is 14.6. The number of likely N-dealkylation sites (tertiary alicyclic amines) is 1. The number of rotatable bonds is 9. The first-order valence-electron chi connectivity index (χ1n) is 13.3. The number of benzene rings is 3. The minimum Gasteiger partial charge on any atom is -0.455 e. The molecule has 3 aromatic rings. The predicted molar refractivity (Wildman–Crippen MR) is 154 cm³/mol. The zero-order valence-electron chi connectivity index (χ0n) is 22.3. The van der Waals surface area contributed by atoms with Crippen molar-refractivity contribution in [3.8, 4) is 11.5 Å². The monoisotopic (exact) mass is 533 g/mol. The highest BCUT2D eigenvalue weighted by Crippen LogP contribution is 2.33. The largest absolute Gasteiger partial charge is 0.455 e. The van der Waals surface area contributed by atoms with Crippen LogP contribution in [-0.4, -0.2) is 36.3 Å². The molecule has 1 N–H and O–H groups in total. The Morgan fingerprint density at radius 1 is 1.05 bits per heavy atom. The number of carbonyl (C=O) groups is 2. The fourth-order valence-electron chi connectivity index (χ4n) is 4.90. The number of anilines is 2. The van der Waals surface area contributed by atoms with Crippen molar-refractivity contribution in [1.29, 1.82) is 0 Å². The first kappa shape index (κ1) is 27.5. The van der Waals surface area contributed by atoms with Gasteiger partial charge in [0, 0.05) is 49.7 Å². The summed E-state index contributed by atoms with van der Waals surface area (Å²) < 4.78 is 6.11. The second-order valence-corrected chi connectivity index (χ2v) is 10.2. The van der Waals surface area contributed by atoms with Crippen LogP contribution in [0.15, 0.2) is 72.8 Å². The van der Waals surface area contributed by atoms with Gasteiger partial charge in [-0.15, -0.1) is 0 Å². The van der Waals surface area contributed by atoms with Crippen molar-refractivity contribution < 1.29 is 14.3 Å². The molecule has 1 heterocycles. The quantitative estimate of drug-likeness (QED) is 0.313. The Bertz CT molecular complexity index is 1240. The minimum absolute atomic E-state index is 0.0189. The number of carbonyl (C=O) groups excluding carboxylic acids is 2. The average Bonchev–Trinajstić information content (AvgIpc) is 2.92. The lowest BCUT2D eigenvalue weighted by Crippen LogP contribution is -2.39. The molecule has 0 aromatic heterocycles. The van der Waals surface area contributed by atoms with Crippen molar-refractivity contribution in [2.24, 2.45) is 5.92 Å². The molecular weight excluding hydrogens is 498 g/mol. The Balaban J connectivity index is 1.42. The van der Waals surface area contributed by atoms with E-state index in [2.05, 4.69) is 24.4 Å². The Morgan fingerprint density at radius 2 is 1.76 bits per heavy atom. The van der Waals surface area contributed by atoms with Crippen molar-refractivity contribution in [2.45, 2.75) is 46.1 Å². The number of amides is 2. The van der Waals surface area contributed by atoms with Crippen molar-refractivity contribution in [3.63, 3.8) is 0 Å². The third-order valence-corrected chi connectivity index (χ3v) is 7.37. The molecule has 1 fully saturated rings. The molecule has 0 radical (unpaired) electrons. The summed E-state index contributed by atoms with van der Waals surface area (Å²) >= 11 is 6.01. The molecule has 1 atom stereocenters. The van der Waals surface area contributed by atoms with E-state index in [0.29, 0.717) is 29.7 Å². The lowest BCUT2D eigenvalue weighted by molar-refractivity contribution is -0.130. The molecule has 6 nitrogen and oxygen atoms in total. The Kier molecular flexibility index (Phi) is 9.29. The SMILES string of the molecule is CCN(C(=O)CC1CCN(C(C)=O)CC1)c1cccc(C(C)Nc2ccccc2Oc2ccc(Cl)cc2)c1. The van der Waals surface area contributed by atoms with Crippen LogP contribution in [0.4, 0.5) is 11.4 Å². The van der Waals surface area contributed by atoms with Crippen molar-refractivity contribution in [3.05, 3.63) is 83.4 Å². The van der Waals surface area contributed by atoms with Crippen LogP contribution in [0.25, 0.3) is 0 Å². The molecular formula is C31H36ClN3O3. The van der Waals surface area contributed by atoms with Gasteiger partial charge in [-0.25, -0.2) is 0 Å². The van der Waals surface area contributed by atoms with Gasteiger partial charge in [0.1, 0.15) is 5.75 Å². The number of piperidine rings is 1. The summed E-state index contributed by atoms with van der Waals surface area (Å²) in [5.74, 6) is 1.99. The highest BCUT2D eigenvalue weighted by atomic mass is 35.5. The van der Waals surface area contributed by atoms with E-state index in [-0.39, 0.29) is 17.9 Å². The van der Waals surface area contributed by atoms with Crippen LogP contribution in [0.2, 0.25) is 5.02 Å². The van der Waals surface area contributed by atoms with E-state index in [1.165, 1.54) is 0 Å². The smallest absolute Gasteiger partial charge is 0.227 e. The van der Waals surface area contributed by atoms with Crippen LogP contribution in [-0.2, 0) is 9.59 Å². The van der Waals surface area contributed by atoms with Gasteiger partial charge in [-0.3, -0.25) is 9.59 Å². The topological polar surface area (TPSA) is 61.9 Å². The van der Waals surface area contributed by atoms with E-state index < -0.39 is 0 Å². The van der Waals surface area contributed by atoms with Gasteiger partial charge in [0.05, 0.1) is 5.69 Å². The van der Waals surface area contributed by atoms with Crippen molar-refractivity contribution >= 4 is 34.8 Å². The van der Waals surface area contributed by atoms with Crippen molar-refractivity contribution in [1.82, 2.24) is 4.90 Å². The maximum absolute atomic E-state index is 13.3. The zero-order valence-corrected chi connectivity index (χ0v) is 23.1. The highest BCUT2D eigenvalue weighted by molar-refractivity contribution is 6.30. The number of nitrogens with one attached hydrogen (secondary N) is 1. The van der Waals surface area contributed by atoms with E-state index in [1.807, 2.05) is 65.3 Å². The number of hydrogen-bond donors (Lipinski definition) is 1. The lowest BCUT2D eigenvalue weighted by atomic mass is 9.92. The summed E-state index contributed by atoms with van der Waals surface area (Å²) in [6.45, 7) is 7.79. The fourth-order valence-corrected chi connectivity index (χ4v) is 5.02. The number of halogens is 1. The number of para-hydroxylation sites is 2. The molecule has 0 bridgehead atoms. The molecule has 1 aliphatic heterocycles. The van der Waals surface area contributed by atoms with Gasteiger partial charge < -0.3 is 19.9 Å². The van der Waals surface area contributed by atoms with E-state index in [9.17, 15) is 9.59 Å². The van der Waals surface area contributed by atoms with Gasteiger partial charge in [-0.05, 0) is 86.7 Å². The second kappa shape index (κ2) is 12.8. The molecule has 1 aliphatic rings. The maximum atomic E-state index is 13.3. The number of nitrogens with zero attached hydrogens (tertiary/aromatic N) is 2. The lowest BCUT2D eigenvalue weighted by Gasteiger charge is -2.32. The molecule has 0 spiro atoms. The van der Waals surface area contributed by atoms with Crippen LogP contribution in [0, 0.1) is 5.92 Å². The van der Waals surface area contributed by atoms with Gasteiger partial charge in [0.25, 0.3) is 0 Å². The van der Waals surface area contributed by atoms with Crippen LogP contribution in [0.5, 0.6) is 11.5 Å². The van der Waals surface area contributed by atoms with Crippen LogP contribution in [0.3, 0.4) is 0 Å². The molecule has 0 aliphatic carbocycles. The summed E-state index contributed by atoms with van der Waals surface area (Å²) in [5.41, 5.74) is 2.85. The van der Waals surface area contributed by atoms with Crippen molar-refractivity contribution in [2.75, 3.05) is 29.9 Å². The van der Waals surface area contributed by atoms with Gasteiger partial charge in [-0.1, -0.05) is 35.9 Å². The van der Waals surface area contributed by atoms with Gasteiger partial charge in [0.2, 0.25) is 11.8 Å². The standard InChI is InChI=1S/C31H36ClN3O3/c1-4-35(31(37)20-24-16-18-34(19-17-24)23(3)36)27-9-7-8-25(21-27)22(2)33-29-10-5-6-11-30(29)38-28-14-12-26(32)13-15-28/h5-15,21-22,24,33H,4,16-20H2,1-3H3. The third kappa shape index (κ3) is 7.07. The maximum Gasteiger partial charge on any atom is 0.227 e. The average molecular weight is 534 g/mol. The number of ether oxygens (including phenoxy) is 1. The molecule has 200 valence electrons. The van der Waals surface area contributed by atoms with Crippen LogP contribution >= 0.6 is 11.6 Å². The molecule has 4 rings (SSSR count). The van der Waals surface area contributed by atoms with Crippen LogP contribution in [0.1, 0.15) is 51.6 Å². The van der Waals surface area contributed by atoms with E-state index in [0.717, 1.165) is 48.6 Å². The Labute approximate surface area is 230 Å². The zero-order chi connectivity index (χ0) is 27.1.